The maximum absolute atomic E-state index is 11.8. The highest BCUT2D eigenvalue weighted by Crippen LogP contribution is 2.21. The monoisotopic (exact) mass is 378 g/mol. The van der Waals surface area contributed by atoms with Crippen LogP contribution < -0.4 is 10.2 Å². The van der Waals surface area contributed by atoms with Crippen molar-refractivity contribution in [3.05, 3.63) is 63.6 Å². The molecule has 0 aromatic heterocycles. The van der Waals surface area contributed by atoms with Gasteiger partial charge in [-0.15, -0.1) is 0 Å². The second kappa shape index (κ2) is 9.44. The zero-order valence-corrected chi connectivity index (χ0v) is 15.6. The lowest BCUT2D eigenvalue weighted by Gasteiger charge is -2.10. The molecule has 0 spiro atoms. The summed E-state index contributed by atoms with van der Waals surface area (Å²) in [6.45, 7) is 4.21. The predicted octanol–water partition coefficient (Wildman–Crippen LogP) is 5.04. The lowest BCUT2D eigenvalue weighted by atomic mass is 9.99. The lowest BCUT2D eigenvalue weighted by Crippen LogP contribution is -2.24. The Kier molecular flexibility index (Phi) is 7.29. The van der Waals surface area contributed by atoms with E-state index >= 15 is 0 Å². The van der Waals surface area contributed by atoms with Crippen molar-refractivity contribution in [1.29, 1.82) is 0 Å². The summed E-state index contributed by atoms with van der Waals surface area (Å²) in [5, 5.41) is 4.86. The number of carbonyl (C=O) groups is 1. The molecule has 0 aliphatic carbocycles. The van der Waals surface area contributed by atoms with Gasteiger partial charge in [-0.2, -0.15) is 5.10 Å². The van der Waals surface area contributed by atoms with E-state index in [0.717, 1.165) is 6.42 Å². The molecule has 1 unspecified atom stereocenters. The third kappa shape index (κ3) is 6.07. The van der Waals surface area contributed by atoms with Crippen LogP contribution in [0.2, 0.25) is 10.0 Å². The average Bonchev–Trinajstić information content (AvgIpc) is 2.61. The largest absolute Gasteiger partial charge is 0.484 e. The number of carbonyl (C=O) groups excluding carboxylic acids is 1. The number of ether oxygens (including phenoxy) is 1. The molecule has 1 N–H and O–H groups in total. The molecule has 1 atom stereocenters. The Labute approximate surface area is 157 Å². The van der Waals surface area contributed by atoms with Crippen molar-refractivity contribution >= 4 is 35.3 Å². The fourth-order valence-corrected chi connectivity index (χ4v) is 2.55. The second-order valence-corrected chi connectivity index (χ2v) is 6.47. The van der Waals surface area contributed by atoms with Crippen LogP contribution in [0.1, 0.15) is 37.3 Å². The minimum Gasteiger partial charge on any atom is -0.484 e. The molecule has 0 saturated carbocycles. The Bertz CT molecular complexity index is 746. The van der Waals surface area contributed by atoms with E-state index < -0.39 is 0 Å². The molecule has 132 valence electrons. The zero-order chi connectivity index (χ0) is 18.2. The van der Waals surface area contributed by atoms with Crippen molar-refractivity contribution in [2.75, 3.05) is 6.61 Å². The van der Waals surface area contributed by atoms with Gasteiger partial charge in [-0.3, -0.25) is 4.79 Å². The quantitative estimate of drug-likeness (QED) is 0.542. The zero-order valence-electron chi connectivity index (χ0n) is 14.1. The van der Waals surface area contributed by atoms with E-state index in [4.69, 9.17) is 27.9 Å². The van der Waals surface area contributed by atoms with E-state index in [9.17, 15) is 4.79 Å². The molecule has 4 nitrogen and oxygen atoms in total. The summed E-state index contributed by atoms with van der Waals surface area (Å²) in [6.07, 6.45) is 2.54. The topological polar surface area (TPSA) is 50.7 Å². The van der Waals surface area contributed by atoms with E-state index in [-0.39, 0.29) is 12.5 Å². The number of hydrogen-bond acceptors (Lipinski definition) is 3. The normalized spacial score (nSPS) is 12.2. The fourth-order valence-electron chi connectivity index (χ4n) is 2.09. The number of nitrogens with one attached hydrogen (secondary N) is 1. The smallest absolute Gasteiger partial charge is 0.277 e. The van der Waals surface area contributed by atoms with Crippen molar-refractivity contribution in [3.63, 3.8) is 0 Å². The number of benzene rings is 2. The van der Waals surface area contributed by atoms with Gasteiger partial charge in [0.25, 0.3) is 5.91 Å². The summed E-state index contributed by atoms with van der Waals surface area (Å²) >= 11 is 11.8. The van der Waals surface area contributed by atoms with Gasteiger partial charge in [0.05, 0.1) is 11.2 Å². The van der Waals surface area contributed by atoms with Crippen LogP contribution in [0, 0.1) is 0 Å². The Hall–Kier alpha value is -2.04. The summed E-state index contributed by atoms with van der Waals surface area (Å²) in [6, 6.07) is 12.8. The Morgan fingerprint density at radius 1 is 1.24 bits per heavy atom. The number of hydrazone groups is 1. The summed E-state index contributed by atoms with van der Waals surface area (Å²) in [4.78, 5) is 11.8. The molecule has 0 radical (unpaired) electrons. The van der Waals surface area contributed by atoms with Gasteiger partial charge in [-0.1, -0.05) is 55.2 Å². The molecule has 0 saturated heterocycles. The molecule has 6 heteroatoms. The molecular weight excluding hydrogens is 359 g/mol. The average molecular weight is 379 g/mol. The van der Waals surface area contributed by atoms with E-state index in [1.807, 2.05) is 24.3 Å². The predicted molar refractivity (Wildman–Crippen MR) is 103 cm³/mol. The third-order valence-corrected chi connectivity index (χ3v) is 4.35. The van der Waals surface area contributed by atoms with Gasteiger partial charge in [0.1, 0.15) is 5.75 Å². The van der Waals surface area contributed by atoms with Gasteiger partial charge >= 0.3 is 0 Å². The van der Waals surface area contributed by atoms with Crippen LogP contribution in [0.25, 0.3) is 0 Å². The number of rotatable bonds is 7. The van der Waals surface area contributed by atoms with E-state index in [0.29, 0.717) is 27.3 Å². The van der Waals surface area contributed by atoms with Crippen LogP contribution in [0.4, 0.5) is 0 Å². The van der Waals surface area contributed by atoms with Crippen LogP contribution in [0.3, 0.4) is 0 Å². The number of nitrogens with zero attached hydrogens (tertiary/aromatic N) is 1. The molecule has 0 aliphatic rings. The SMILES string of the molecule is CCC(C)c1ccc(OCC(=O)N/N=C/c2ccc(Cl)cc2Cl)cc1. The lowest BCUT2D eigenvalue weighted by molar-refractivity contribution is -0.123. The molecule has 0 bridgehead atoms. The highest BCUT2D eigenvalue weighted by molar-refractivity contribution is 6.36. The molecule has 2 rings (SSSR count). The standard InChI is InChI=1S/C19H20Cl2N2O2/c1-3-13(2)14-5-8-17(9-6-14)25-12-19(24)23-22-11-15-4-7-16(20)10-18(15)21/h4-11,13H,3,12H2,1-2H3,(H,23,24)/b22-11+. The first kappa shape index (κ1) is 19.3. The Morgan fingerprint density at radius 2 is 1.96 bits per heavy atom. The van der Waals surface area contributed by atoms with Crippen molar-refractivity contribution < 1.29 is 9.53 Å². The van der Waals surface area contributed by atoms with Gasteiger partial charge in [-0.05, 0) is 42.2 Å². The summed E-state index contributed by atoms with van der Waals surface area (Å²) in [5.74, 6) is 0.797. The van der Waals surface area contributed by atoms with E-state index in [1.165, 1.54) is 11.8 Å². The first-order valence-electron chi connectivity index (χ1n) is 7.99. The molecule has 2 aromatic rings. The number of amides is 1. The van der Waals surface area contributed by atoms with Crippen molar-refractivity contribution in [2.45, 2.75) is 26.2 Å². The minimum atomic E-state index is -0.354. The first-order valence-corrected chi connectivity index (χ1v) is 8.75. The van der Waals surface area contributed by atoms with Crippen LogP contribution in [0.5, 0.6) is 5.75 Å². The van der Waals surface area contributed by atoms with Gasteiger partial charge in [0.2, 0.25) is 0 Å². The van der Waals surface area contributed by atoms with Gasteiger partial charge in [-0.25, -0.2) is 5.43 Å². The Balaban J connectivity index is 1.81. The fraction of sp³-hybridized carbons (Fsp3) is 0.263. The van der Waals surface area contributed by atoms with Crippen LogP contribution in [-0.2, 0) is 4.79 Å². The van der Waals surface area contributed by atoms with Gasteiger partial charge in [0, 0.05) is 10.6 Å². The second-order valence-electron chi connectivity index (χ2n) is 5.63. The molecule has 1 amide bonds. The number of halogens is 2. The van der Waals surface area contributed by atoms with Gasteiger partial charge < -0.3 is 4.74 Å². The van der Waals surface area contributed by atoms with Crippen molar-refractivity contribution in [3.8, 4) is 5.75 Å². The minimum absolute atomic E-state index is 0.117. The number of hydrogen-bond donors (Lipinski definition) is 1. The van der Waals surface area contributed by atoms with Crippen LogP contribution in [0.15, 0.2) is 47.6 Å². The maximum atomic E-state index is 11.8. The molecular formula is C19H20Cl2N2O2. The highest BCUT2D eigenvalue weighted by Gasteiger charge is 2.05. The summed E-state index contributed by atoms with van der Waals surface area (Å²) < 4.78 is 5.45. The maximum Gasteiger partial charge on any atom is 0.277 e. The summed E-state index contributed by atoms with van der Waals surface area (Å²) in [5.41, 5.74) is 4.31. The first-order chi connectivity index (χ1) is 12.0. The molecule has 0 heterocycles. The molecule has 2 aromatic carbocycles. The third-order valence-electron chi connectivity index (χ3n) is 3.79. The molecule has 0 fully saturated rings. The van der Waals surface area contributed by atoms with Crippen LogP contribution in [-0.4, -0.2) is 18.7 Å². The van der Waals surface area contributed by atoms with Crippen LogP contribution >= 0.6 is 23.2 Å². The molecule has 25 heavy (non-hydrogen) atoms. The Morgan fingerprint density at radius 3 is 2.60 bits per heavy atom. The van der Waals surface area contributed by atoms with Gasteiger partial charge in [0.15, 0.2) is 6.61 Å². The van der Waals surface area contributed by atoms with Crippen molar-refractivity contribution in [1.82, 2.24) is 5.43 Å². The van der Waals surface area contributed by atoms with E-state index in [1.54, 1.807) is 18.2 Å². The molecule has 0 aliphatic heterocycles. The van der Waals surface area contributed by atoms with E-state index in [2.05, 4.69) is 24.4 Å². The summed E-state index contributed by atoms with van der Waals surface area (Å²) in [7, 11) is 0. The highest BCUT2D eigenvalue weighted by atomic mass is 35.5. The van der Waals surface area contributed by atoms with Crippen molar-refractivity contribution in [2.24, 2.45) is 5.10 Å².